The first kappa shape index (κ1) is 16.5. The predicted octanol–water partition coefficient (Wildman–Crippen LogP) is 2.05. The van der Waals surface area contributed by atoms with E-state index < -0.39 is 39.4 Å². The van der Waals surface area contributed by atoms with Crippen LogP contribution in [0.5, 0.6) is 0 Å². The van der Waals surface area contributed by atoms with Crippen LogP contribution in [0.15, 0.2) is 30.3 Å². The van der Waals surface area contributed by atoms with Gasteiger partial charge in [0.05, 0.1) is 12.2 Å². The Morgan fingerprint density at radius 1 is 1.20 bits per heavy atom. The number of halogens is 3. The molecule has 112 valence electrons. The monoisotopic (exact) mass is 310 g/mol. The van der Waals surface area contributed by atoms with Gasteiger partial charge in [-0.15, -0.1) is 0 Å². The maximum absolute atomic E-state index is 12.1. The highest BCUT2D eigenvalue weighted by Crippen LogP contribution is 2.22. The molecule has 0 aliphatic heterocycles. The summed E-state index contributed by atoms with van der Waals surface area (Å²) in [6, 6.07) is 7.90. The molecule has 0 bridgehead atoms. The molecule has 0 fully saturated rings. The second-order valence-corrected chi connectivity index (χ2v) is 6.55. The molecule has 1 atom stereocenters. The van der Waals surface area contributed by atoms with Crippen LogP contribution < -0.4 is 0 Å². The van der Waals surface area contributed by atoms with E-state index in [2.05, 4.69) is 0 Å². The minimum atomic E-state index is -4.64. The Hall–Kier alpha value is -1.57. The summed E-state index contributed by atoms with van der Waals surface area (Å²) in [4.78, 5) is 11.0. The predicted molar refractivity (Wildman–Crippen MR) is 66.0 cm³/mol. The van der Waals surface area contributed by atoms with Gasteiger partial charge in [-0.05, 0) is 12.0 Å². The average Bonchev–Trinajstić information content (AvgIpc) is 2.34. The van der Waals surface area contributed by atoms with Crippen molar-refractivity contribution in [2.45, 2.75) is 24.3 Å². The molecule has 1 aromatic rings. The molecule has 0 aliphatic rings. The number of hydrogen-bond acceptors (Lipinski definition) is 3. The Kier molecular flexibility index (Phi) is 5.15. The van der Waals surface area contributed by atoms with Gasteiger partial charge < -0.3 is 5.11 Å². The van der Waals surface area contributed by atoms with Gasteiger partial charge in [0.2, 0.25) is 0 Å². The lowest BCUT2D eigenvalue weighted by atomic mass is 10.1. The Morgan fingerprint density at radius 3 is 2.20 bits per heavy atom. The molecule has 8 heteroatoms. The number of benzene rings is 1. The fourth-order valence-electron chi connectivity index (χ4n) is 1.60. The fraction of sp³-hybridized carbons (Fsp3) is 0.417. The average molecular weight is 310 g/mol. The summed E-state index contributed by atoms with van der Waals surface area (Å²) < 4.78 is 59.7. The van der Waals surface area contributed by atoms with Crippen molar-refractivity contribution in [2.24, 2.45) is 0 Å². The van der Waals surface area contributed by atoms with Gasteiger partial charge >= 0.3 is 12.1 Å². The number of carboxylic acids is 1. The number of sulfone groups is 1. The van der Waals surface area contributed by atoms with E-state index in [-0.39, 0.29) is 6.42 Å². The zero-order chi connectivity index (χ0) is 15.4. The summed E-state index contributed by atoms with van der Waals surface area (Å²) in [5.41, 5.74) is 0.440. The molecule has 20 heavy (non-hydrogen) atoms. The summed E-state index contributed by atoms with van der Waals surface area (Å²) in [5, 5.41) is 7.07. The van der Waals surface area contributed by atoms with E-state index in [0.29, 0.717) is 5.56 Å². The molecule has 0 saturated heterocycles. The topological polar surface area (TPSA) is 71.4 Å². The lowest BCUT2D eigenvalue weighted by Crippen LogP contribution is -2.35. The van der Waals surface area contributed by atoms with Crippen LogP contribution in [0.2, 0.25) is 0 Å². The Labute approximate surface area is 114 Å². The number of aliphatic carboxylic acids is 1. The summed E-state index contributed by atoms with van der Waals surface area (Å²) in [5.74, 6) is -2.86. The third-order valence-corrected chi connectivity index (χ3v) is 4.65. The number of hydrogen-bond donors (Lipinski definition) is 1. The largest absolute Gasteiger partial charge is 0.480 e. The maximum atomic E-state index is 12.1. The van der Waals surface area contributed by atoms with Gasteiger partial charge in [-0.2, -0.15) is 13.2 Å². The SMILES string of the molecule is O=C(O)C(Cc1ccccc1)S(=O)(=O)CCC(F)(F)F. The van der Waals surface area contributed by atoms with E-state index in [1.807, 2.05) is 0 Å². The summed E-state index contributed by atoms with van der Waals surface area (Å²) in [6.45, 7) is 0. The zero-order valence-electron chi connectivity index (χ0n) is 10.3. The minimum absolute atomic E-state index is 0.351. The minimum Gasteiger partial charge on any atom is -0.480 e. The number of carbonyl (C=O) groups is 1. The quantitative estimate of drug-likeness (QED) is 0.873. The van der Waals surface area contributed by atoms with Crippen molar-refractivity contribution < 1.29 is 31.5 Å². The van der Waals surface area contributed by atoms with Crippen LogP contribution in [0, 0.1) is 0 Å². The van der Waals surface area contributed by atoms with Gasteiger partial charge in [-0.25, -0.2) is 8.42 Å². The summed E-state index contributed by atoms with van der Waals surface area (Å²) in [6.07, 6.45) is -6.53. The lowest BCUT2D eigenvalue weighted by molar-refractivity contribution is -0.137. The molecule has 4 nitrogen and oxygen atoms in total. The van der Waals surface area contributed by atoms with Crippen LogP contribution >= 0.6 is 0 Å². The van der Waals surface area contributed by atoms with Gasteiger partial charge in [-0.1, -0.05) is 30.3 Å². The second-order valence-electron chi connectivity index (χ2n) is 4.25. The molecule has 0 aromatic heterocycles. The molecule has 0 amide bonds. The van der Waals surface area contributed by atoms with Crippen molar-refractivity contribution in [2.75, 3.05) is 5.75 Å². The van der Waals surface area contributed by atoms with Gasteiger partial charge in [0, 0.05) is 0 Å². The smallest absolute Gasteiger partial charge is 0.390 e. The van der Waals surface area contributed by atoms with E-state index in [4.69, 9.17) is 5.11 Å². The lowest BCUT2D eigenvalue weighted by Gasteiger charge is -2.14. The second kappa shape index (κ2) is 6.25. The van der Waals surface area contributed by atoms with E-state index in [1.54, 1.807) is 18.2 Å². The van der Waals surface area contributed by atoms with E-state index in [9.17, 15) is 26.4 Å². The fourth-order valence-corrected chi connectivity index (χ4v) is 3.15. The van der Waals surface area contributed by atoms with Gasteiger partial charge in [-0.3, -0.25) is 4.79 Å². The Morgan fingerprint density at radius 2 is 1.75 bits per heavy atom. The number of rotatable bonds is 6. The number of carboxylic acid groups (broad SMARTS) is 1. The zero-order valence-corrected chi connectivity index (χ0v) is 11.1. The molecular weight excluding hydrogens is 297 g/mol. The van der Waals surface area contributed by atoms with Crippen molar-refractivity contribution >= 4 is 15.8 Å². The van der Waals surface area contributed by atoms with Crippen LogP contribution in [0.25, 0.3) is 0 Å². The first-order valence-corrected chi connectivity index (χ1v) is 7.38. The maximum Gasteiger partial charge on any atom is 0.390 e. The number of alkyl halides is 3. The van der Waals surface area contributed by atoms with Crippen LogP contribution in [0.3, 0.4) is 0 Å². The molecule has 0 heterocycles. The van der Waals surface area contributed by atoms with Gasteiger partial charge in [0.15, 0.2) is 15.1 Å². The van der Waals surface area contributed by atoms with Crippen LogP contribution in [0.4, 0.5) is 13.2 Å². The molecule has 0 radical (unpaired) electrons. The molecule has 0 aliphatic carbocycles. The third kappa shape index (κ3) is 5.20. The molecule has 0 saturated carbocycles. The highest BCUT2D eigenvalue weighted by atomic mass is 32.2. The summed E-state index contributed by atoms with van der Waals surface area (Å²) >= 11 is 0. The molecular formula is C12H13F3O4S. The van der Waals surface area contributed by atoms with Crippen molar-refractivity contribution in [1.29, 1.82) is 0 Å². The summed E-state index contributed by atoms with van der Waals surface area (Å²) in [7, 11) is -4.37. The van der Waals surface area contributed by atoms with Crippen molar-refractivity contribution in [3.05, 3.63) is 35.9 Å². The van der Waals surface area contributed by atoms with E-state index >= 15 is 0 Å². The normalized spacial score (nSPS) is 13.9. The van der Waals surface area contributed by atoms with E-state index in [1.165, 1.54) is 12.1 Å². The van der Waals surface area contributed by atoms with Crippen LogP contribution in [-0.2, 0) is 21.1 Å². The molecule has 1 N–H and O–H groups in total. The van der Waals surface area contributed by atoms with Gasteiger partial charge in [0.1, 0.15) is 0 Å². The Balaban J connectivity index is 2.88. The van der Waals surface area contributed by atoms with Crippen LogP contribution in [0.1, 0.15) is 12.0 Å². The standard InChI is InChI=1S/C12H13F3O4S/c13-12(14,15)6-7-20(18,19)10(11(16)17)8-9-4-2-1-3-5-9/h1-5,10H,6-8H2,(H,16,17). The molecule has 1 aromatic carbocycles. The van der Waals surface area contributed by atoms with Crippen molar-refractivity contribution in [3.63, 3.8) is 0 Å². The Bertz CT molecular complexity index is 552. The molecule has 1 rings (SSSR count). The highest BCUT2D eigenvalue weighted by molar-refractivity contribution is 7.92. The van der Waals surface area contributed by atoms with Crippen LogP contribution in [-0.4, -0.2) is 36.7 Å². The molecule has 0 spiro atoms. The highest BCUT2D eigenvalue weighted by Gasteiger charge is 2.37. The third-order valence-electron chi connectivity index (χ3n) is 2.64. The van der Waals surface area contributed by atoms with Crippen molar-refractivity contribution in [1.82, 2.24) is 0 Å². The van der Waals surface area contributed by atoms with Crippen molar-refractivity contribution in [3.8, 4) is 0 Å². The van der Waals surface area contributed by atoms with Gasteiger partial charge in [0.25, 0.3) is 0 Å². The van der Waals surface area contributed by atoms with E-state index in [0.717, 1.165) is 0 Å². The first-order valence-electron chi connectivity index (χ1n) is 5.67. The molecule has 1 unspecified atom stereocenters. The first-order chi connectivity index (χ1) is 9.12.